The average Bonchev–Trinajstić information content (AvgIpc) is 3.15. The van der Waals surface area contributed by atoms with E-state index in [1.807, 2.05) is 18.2 Å². The number of unbranched alkanes of at least 4 members (excludes halogenated alkanes) is 1. The molecule has 2 atom stereocenters. The minimum atomic E-state index is -0.541. The normalized spacial score (nSPS) is 21.5. The van der Waals surface area contributed by atoms with Gasteiger partial charge in [-0.15, -0.1) is 0 Å². The molecule has 0 unspecified atom stereocenters. The number of ether oxygens (including phenoxy) is 1. The number of hydrogen-bond acceptors (Lipinski definition) is 5. The lowest BCUT2D eigenvalue weighted by molar-refractivity contribution is -0.148. The maximum absolute atomic E-state index is 12.7. The molecule has 0 spiro atoms. The Morgan fingerprint density at radius 1 is 1.22 bits per heavy atom. The van der Waals surface area contributed by atoms with E-state index in [0.717, 1.165) is 68.3 Å². The molecule has 8 heteroatoms. The van der Waals surface area contributed by atoms with Crippen molar-refractivity contribution in [2.75, 3.05) is 39.4 Å². The number of likely N-dealkylation sites (tertiary alicyclic amines) is 1. The zero-order valence-corrected chi connectivity index (χ0v) is 19.3. The highest BCUT2D eigenvalue weighted by Gasteiger charge is 2.39. The van der Waals surface area contributed by atoms with Gasteiger partial charge in [-0.05, 0) is 55.0 Å². The Morgan fingerprint density at radius 2 is 2.03 bits per heavy atom. The molecule has 0 aromatic heterocycles. The Bertz CT molecular complexity index is 869. The second-order valence-corrected chi connectivity index (χ2v) is 9.27. The fourth-order valence-electron chi connectivity index (χ4n) is 4.54. The van der Waals surface area contributed by atoms with Crippen molar-refractivity contribution in [3.63, 3.8) is 0 Å². The number of allylic oxidation sites excluding steroid dienone is 1. The second-order valence-electron chi connectivity index (χ2n) is 8.86. The highest BCUT2D eigenvalue weighted by Crippen LogP contribution is 2.31. The summed E-state index contributed by atoms with van der Waals surface area (Å²) in [4.78, 5) is 29.4. The third-order valence-electron chi connectivity index (χ3n) is 6.67. The number of nitrogens with two attached hydrogens (primary N) is 1. The maximum atomic E-state index is 12.7. The Labute approximate surface area is 194 Å². The van der Waals surface area contributed by atoms with E-state index in [4.69, 9.17) is 22.1 Å². The van der Waals surface area contributed by atoms with Crippen LogP contribution >= 0.6 is 11.6 Å². The molecule has 2 saturated heterocycles. The number of carbonyl (C=O) groups is 2. The van der Waals surface area contributed by atoms with Crippen LogP contribution in [0.4, 0.5) is 0 Å². The second kappa shape index (κ2) is 10.8. The van der Waals surface area contributed by atoms with E-state index >= 15 is 0 Å². The monoisotopic (exact) mass is 460 g/mol. The smallest absolute Gasteiger partial charge is 0.243 e. The van der Waals surface area contributed by atoms with Crippen molar-refractivity contribution >= 4 is 28.4 Å². The van der Waals surface area contributed by atoms with E-state index in [9.17, 15) is 9.59 Å². The molecule has 3 aliphatic rings. The highest BCUT2D eigenvalue weighted by molar-refractivity contribution is 6.49. The number of amides is 2. The molecule has 0 saturated carbocycles. The highest BCUT2D eigenvalue weighted by atomic mass is 35.5. The molecule has 2 fully saturated rings. The van der Waals surface area contributed by atoms with Crippen molar-refractivity contribution in [2.24, 2.45) is 5.73 Å². The third kappa shape index (κ3) is 5.52. The molecule has 4 rings (SSSR count). The maximum Gasteiger partial charge on any atom is 0.243 e. The van der Waals surface area contributed by atoms with E-state index in [-0.39, 0.29) is 11.8 Å². The number of benzene rings is 1. The quantitative estimate of drug-likeness (QED) is 0.549. The van der Waals surface area contributed by atoms with E-state index in [1.165, 1.54) is 5.56 Å². The standard InChI is InChI=1S/C24H33ClN4O3/c25-20-7-6-18-5-4-17(15-19(18)20)16-27-23(30)22-8-10-29(22)24(31)21(26)3-1-2-9-28-11-13-32-14-12-28/h4-5,7,15,21-22H,1-3,6,8-14,16,26H2,(H,27,30)/t21-,22+/m1/s1. The molecule has 2 aliphatic heterocycles. The van der Waals surface area contributed by atoms with Crippen LogP contribution in [0.2, 0.25) is 0 Å². The largest absolute Gasteiger partial charge is 0.379 e. The first-order valence-corrected chi connectivity index (χ1v) is 12.0. The van der Waals surface area contributed by atoms with Crippen LogP contribution in [0.25, 0.3) is 5.03 Å². The van der Waals surface area contributed by atoms with Crippen LogP contribution in [0.15, 0.2) is 24.3 Å². The molecule has 7 nitrogen and oxygen atoms in total. The van der Waals surface area contributed by atoms with E-state index in [0.29, 0.717) is 25.9 Å². The summed E-state index contributed by atoms with van der Waals surface area (Å²) >= 11 is 6.24. The number of rotatable bonds is 9. The van der Waals surface area contributed by atoms with Gasteiger partial charge in [-0.2, -0.15) is 0 Å². The van der Waals surface area contributed by atoms with Gasteiger partial charge in [0, 0.05) is 31.2 Å². The van der Waals surface area contributed by atoms with Crippen molar-refractivity contribution in [3.8, 4) is 0 Å². The predicted octanol–water partition coefficient (Wildman–Crippen LogP) is 1.87. The van der Waals surface area contributed by atoms with E-state index < -0.39 is 12.1 Å². The summed E-state index contributed by atoms with van der Waals surface area (Å²) in [7, 11) is 0. The minimum absolute atomic E-state index is 0.114. The van der Waals surface area contributed by atoms with Crippen LogP contribution in [0.5, 0.6) is 0 Å². The first kappa shape index (κ1) is 23.2. The first-order valence-electron chi connectivity index (χ1n) is 11.6. The predicted molar refractivity (Wildman–Crippen MR) is 125 cm³/mol. The number of nitrogens with zero attached hydrogens (tertiary/aromatic N) is 2. The molecule has 3 N–H and O–H groups in total. The molecule has 0 radical (unpaired) electrons. The zero-order valence-electron chi connectivity index (χ0n) is 18.5. The SMILES string of the molecule is N[C@H](CCCCN1CCOCC1)C(=O)N1CC[C@H]1C(=O)NCc1ccc2c(c1)C(Cl)=CC2. The van der Waals surface area contributed by atoms with Gasteiger partial charge in [-0.25, -0.2) is 0 Å². The number of hydrogen-bond donors (Lipinski definition) is 2. The van der Waals surface area contributed by atoms with Crippen molar-refractivity contribution in [3.05, 3.63) is 41.0 Å². The Hall–Kier alpha value is -1.93. The molecular weight excluding hydrogens is 428 g/mol. The van der Waals surface area contributed by atoms with Crippen LogP contribution in [-0.4, -0.2) is 73.1 Å². The van der Waals surface area contributed by atoms with E-state index in [2.05, 4.69) is 16.3 Å². The Morgan fingerprint density at radius 3 is 2.78 bits per heavy atom. The molecule has 1 aliphatic carbocycles. The van der Waals surface area contributed by atoms with Crippen LogP contribution in [0.3, 0.4) is 0 Å². The molecule has 2 amide bonds. The van der Waals surface area contributed by atoms with Gasteiger partial charge in [0.2, 0.25) is 11.8 Å². The van der Waals surface area contributed by atoms with Crippen LogP contribution in [0.1, 0.15) is 42.4 Å². The van der Waals surface area contributed by atoms with Gasteiger partial charge in [0.1, 0.15) is 6.04 Å². The van der Waals surface area contributed by atoms with Gasteiger partial charge in [-0.3, -0.25) is 14.5 Å². The average molecular weight is 461 g/mol. The van der Waals surface area contributed by atoms with Crippen molar-refractivity contribution in [2.45, 2.75) is 50.7 Å². The van der Waals surface area contributed by atoms with Crippen LogP contribution in [0, 0.1) is 0 Å². The topological polar surface area (TPSA) is 87.9 Å². The van der Waals surface area contributed by atoms with Gasteiger partial charge in [0.05, 0.1) is 19.3 Å². The number of fused-ring (bicyclic) bond motifs is 1. The van der Waals surface area contributed by atoms with Crippen molar-refractivity contribution in [1.29, 1.82) is 0 Å². The Kier molecular flexibility index (Phi) is 7.84. The van der Waals surface area contributed by atoms with Gasteiger partial charge in [-0.1, -0.05) is 36.2 Å². The summed E-state index contributed by atoms with van der Waals surface area (Å²) in [5.41, 5.74) is 9.41. The van der Waals surface area contributed by atoms with Crippen LogP contribution < -0.4 is 11.1 Å². The summed E-state index contributed by atoms with van der Waals surface area (Å²) in [5, 5.41) is 3.73. The lowest BCUT2D eigenvalue weighted by atomic mass is 9.98. The summed E-state index contributed by atoms with van der Waals surface area (Å²) in [5.74, 6) is -0.233. The molecule has 1 aromatic rings. The summed E-state index contributed by atoms with van der Waals surface area (Å²) in [6, 6.07) is 5.14. The van der Waals surface area contributed by atoms with Crippen molar-refractivity contribution < 1.29 is 14.3 Å². The lowest BCUT2D eigenvalue weighted by Crippen LogP contribution is -2.61. The summed E-state index contributed by atoms with van der Waals surface area (Å²) < 4.78 is 5.36. The number of carbonyl (C=O) groups excluding carboxylic acids is 2. The summed E-state index contributed by atoms with van der Waals surface area (Å²) in [6.07, 6.45) is 6.11. The fourth-order valence-corrected chi connectivity index (χ4v) is 4.79. The first-order chi connectivity index (χ1) is 15.5. The molecule has 174 valence electrons. The van der Waals surface area contributed by atoms with Gasteiger partial charge >= 0.3 is 0 Å². The molecule has 0 bridgehead atoms. The third-order valence-corrected chi connectivity index (χ3v) is 7.02. The molecule has 32 heavy (non-hydrogen) atoms. The minimum Gasteiger partial charge on any atom is -0.379 e. The Balaban J connectivity index is 1.18. The van der Waals surface area contributed by atoms with Crippen LogP contribution in [-0.2, 0) is 27.3 Å². The zero-order chi connectivity index (χ0) is 22.5. The van der Waals surface area contributed by atoms with E-state index in [1.54, 1.807) is 4.90 Å². The molecular formula is C24H33ClN4O3. The number of morpholine rings is 1. The number of halogens is 1. The van der Waals surface area contributed by atoms with Gasteiger partial charge in [0.15, 0.2) is 0 Å². The number of nitrogens with one attached hydrogen (secondary N) is 1. The van der Waals surface area contributed by atoms with Gasteiger partial charge in [0.25, 0.3) is 0 Å². The molecule has 2 heterocycles. The molecule has 1 aromatic carbocycles. The van der Waals surface area contributed by atoms with Crippen molar-refractivity contribution in [1.82, 2.24) is 15.1 Å². The van der Waals surface area contributed by atoms with Gasteiger partial charge < -0.3 is 20.7 Å². The summed E-state index contributed by atoms with van der Waals surface area (Å²) in [6.45, 7) is 5.58. The fraction of sp³-hybridized carbons (Fsp3) is 0.583. The lowest BCUT2D eigenvalue weighted by Gasteiger charge is -2.41.